The predicted molar refractivity (Wildman–Crippen MR) is 99.8 cm³/mol. The summed E-state index contributed by atoms with van der Waals surface area (Å²) in [4.78, 5) is 30.4. The molecule has 0 N–H and O–H groups in total. The summed E-state index contributed by atoms with van der Waals surface area (Å²) in [5.41, 5.74) is 0. The lowest BCUT2D eigenvalue weighted by Crippen LogP contribution is -2.45. The summed E-state index contributed by atoms with van der Waals surface area (Å²) in [6.45, 7) is 2.74. The van der Waals surface area contributed by atoms with E-state index in [2.05, 4.69) is 22.0 Å². The van der Waals surface area contributed by atoms with Gasteiger partial charge in [-0.1, -0.05) is 18.2 Å². The Morgan fingerprint density at radius 1 is 1.20 bits per heavy atom. The van der Waals surface area contributed by atoms with E-state index in [-0.39, 0.29) is 5.92 Å². The smallest absolute Gasteiger partial charge is 0.224 e. The number of nitrogens with zero attached hydrogens (tertiary/aromatic N) is 2. The number of hydrogen-bond acceptors (Lipinski definition) is 4. The Morgan fingerprint density at radius 3 is 2.72 bits per heavy atom. The largest absolute Gasteiger partial charge is 0.335 e. The highest BCUT2D eigenvalue weighted by atomic mass is 32.1. The van der Waals surface area contributed by atoms with Crippen LogP contribution in [-0.2, 0) is 4.79 Å². The molecule has 3 heterocycles. The van der Waals surface area contributed by atoms with Crippen LogP contribution in [0.5, 0.6) is 0 Å². The van der Waals surface area contributed by atoms with Crippen molar-refractivity contribution in [3.8, 4) is 0 Å². The summed E-state index contributed by atoms with van der Waals surface area (Å²) in [7, 11) is 0. The van der Waals surface area contributed by atoms with E-state index in [1.54, 1.807) is 11.3 Å². The van der Waals surface area contributed by atoms with Gasteiger partial charge in [0.05, 0.1) is 10.9 Å². The fourth-order valence-electron chi connectivity index (χ4n) is 4.48. The highest BCUT2D eigenvalue weighted by Gasteiger charge is 2.38. The average molecular weight is 359 g/mol. The van der Waals surface area contributed by atoms with Crippen molar-refractivity contribution in [1.82, 2.24) is 9.80 Å². The van der Waals surface area contributed by atoms with Crippen LogP contribution in [0.3, 0.4) is 0 Å². The van der Waals surface area contributed by atoms with E-state index in [9.17, 15) is 9.59 Å². The van der Waals surface area contributed by atoms with Crippen LogP contribution in [0.1, 0.15) is 48.2 Å². The Hall–Kier alpha value is -1.46. The minimum Gasteiger partial charge on any atom is -0.335 e. The lowest BCUT2D eigenvalue weighted by Gasteiger charge is -2.35. The zero-order valence-electron chi connectivity index (χ0n) is 14.6. The highest BCUT2D eigenvalue weighted by molar-refractivity contribution is 7.12. The molecular formula is C20H26N2O2S. The summed E-state index contributed by atoms with van der Waals surface area (Å²) in [5, 5.41) is 1.97. The second-order valence-electron chi connectivity index (χ2n) is 7.48. The van der Waals surface area contributed by atoms with E-state index in [1.807, 2.05) is 17.5 Å². The van der Waals surface area contributed by atoms with E-state index >= 15 is 0 Å². The van der Waals surface area contributed by atoms with Crippen molar-refractivity contribution in [1.29, 1.82) is 0 Å². The molecule has 0 aromatic carbocycles. The molecule has 1 amide bonds. The highest BCUT2D eigenvalue weighted by Crippen LogP contribution is 2.29. The normalized spacial score (nSPS) is 28.6. The van der Waals surface area contributed by atoms with Crippen LogP contribution in [0, 0.1) is 5.92 Å². The lowest BCUT2D eigenvalue weighted by atomic mass is 9.91. The Morgan fingerprint density at radius 2 is 2.04 bits per heavy atom. The van der Waals surface area contributed by atoms with Crippen LogP contribution in [0.4, 0.5) is 0 Å². The van der Waals surface area contributed by atoms with Gasteiger partial charge in [0.15, 0.2) is 5.78 Å². The first-order valence-electron chi connectivity index (χ1n) is 9.50. The van der Waals surface area contributed by atoms with Crippen molar-refractivity contribution in [2.75, 3.05) is 19.6 Å². The van der Waals surface area contributed by atoms with Gasteiger partial charge in [0.2, 0.25) is 5.91 Å². The maximum absolute atomic E-state index is 12.5. The quantitative estimate of drug-likeness (QED) is 0.612. The maximum Gasteiger partial charge on any atom is 0.224 e. The number of Topliss-reactive ketones (excluding diaryl/α,β-unsaturated/α-hetero) is 1. The number of likely N-dealkylation sites (tertiary alicyclic amines) is 2. The summed E-state index contributed by atoms with van der Waals surface area (Å²) in [5.74, 6) is 0.772. The standard InChI is InChI=1S/C20H26N2O2S/c23-19-13-17(14-22(19)16-5-2-1-3-6-16)21-10-8-15(9-11-21)20(24)18-7-4-12-25-18/h2,4-5,7,12,15-17H,1,3,6,8-11,13-14H2. The minimum absolute atomic E-state index is 0.157. The molecule has 4 rings (SSSR count). The molecule has 4 nitrogen and oxygen atoms in total. The van der Waals surface area contributed by atoms with Gasteiger partial charge in [0, 0.05) is 24.9 Å². The van der Waals surface area contributed by atoms with Crippen LogP contribution in [0.2, 0.25) is 0 Å². The van der Waals surface area contributed by atoms with Crippen LogP contribution in [0.25, 0.3) is 0 Å². The number of thiophene rings is 1. The van der Waals surface area contributed by atoms with E-state index in [4.69, 9.17) is 0 Å². The van der Waals surface area contributed by atoms with Gasteiger partial charge in [-0.15, -0.1) is 11.3 Å². The summed E-state index contributed by atoms with van der Waals surface area (Å²) < 4.78 is 0. The van der Waals surface area contributed by atoms with Crippen molar-refractivity contribution in [3.05, 3.63) is 34.5 Å². The minimum atomic E-state index is 0.157. The molecule has 25 heavy (non-hydrogen) atoms. The molecule has 5 heteroatoms. The number of carbonyl (C=O) groups is 2. The molecule has 2 aliphatic heterocycles. The first-order valence-corrected chi connectivity index (χ1v) is 10.4. The summed E-state index contributed by atoms with van der Waals surface area (Å²) >= 11 is 1.55. The molecule has 0 radical (unpaired) electrons. The first kappa shape index (κ1) is 17.0. The Kier molecular flexibility index (Phi) is 5.04. The van der Waals surface area contributed by atoms with Gasteiger partial charge in [0.1, 0.15) is 0 Å². The molecule has 2 unspecified atom stereocenters. The second kappa shape index (κ2) is 7.42. The lowest BCUT2D eigenvalue weighted by molar-refractivity contribution is -0.129. The third kappa shape index (κ3) is 3.58. The van der Waals surface area contributed by atoms with Gasteiger partial charge in [-0.3, -0.25) is 14.5 Å². The molecule has 0 spiro atoms. The molecule has 2 atom stereocenters. The number of ketones is 1. The van der Waals surface area contributed by atoms with Crippen molar-refractivity contribution < 1.29 is 9.59 Å². The van der Waals surface area contributed by atoms with Gasteiger partial charge >= 0.3 is 0 Å². The van der Waals surface area contributed by atoms with Gasteiger partial charge in [0.25, 0.3) is 0 Å². The molecule has 0 bridgehead atoms. The summed E-state index contributed by atoms with van der Waals surface area (Å²) in [6, 6.07) is 4.53. The van der Waals surface area contributed by atoms with E-state index in [0.29, 0.717) is 30.2 Å². The molecule has 2 fully saturated rings. The van der Waals surface area contributed by atoms with Crippen LogP contribution in [-0.4, -0.2) is 53.2 Å². The Balaban J connectivity index is 1.32. The van der Waals surface area contributed by atoms with E-state index in [1.165, 1.54) is 6.42 Å². The van der Waals surface area contributed by atoms with Crippen molar-refractivity contribution >= 4 is 23.0 Å². The molecule has 134 valence electrons. The number of hydrogen-bond donors (Lipinski definition) is 0. The predicted octanol–water partition coefficient (Wildman–Crippen LogP) is 3.35. The number of rotatable bonds is 4. The van der Waals surface area contributed by atoms with Gasteiger partial charge in [-0.25, -0.2) is 0 Å². The van der Waals surface area contributed by atoms with E-state index in [0.717, 1.165) is 50.2 Å². The fraction of sp³-hybridized carbons (Fsp3) is 0.600. The monoisotopic (exact) mass is 358 g/mol. The third-order valence-corrected chi connectivity index (χ3v) is 6.83. The molecule has 2 saturated heterocycles. The Bertz CT molecular complexity index is 647. The molecule has 1 aromatic heterocycles. The van der Waals surface area contributed by atoms with Gasteiger partial charge < -0.3 is 4.90 Å². The zero-order valence-corrected chi connectivity index (χ0v) is 15.4. The van der Waals surface area contributed by atoms with Crippen molar-refractivity contribution in [2.24, 2.45) is 5.92 Å². The van der Waals surface area contributed by atoms with Crippen LogP contribution >= 0.6 is 11.3 Å². The average Bonchev–Trinajstić information content (AvgIpc) is 3.32. The first-order chi connectivity index (χ1) is 12.2. The number of piperidine rings is 1. The topological polar surface area (TPSA) is 40.6 Å². The number of amides is 1. The van der Waals surface area contributed by atoms with Crippen molar-refractivity contribution in [3.63, 3.8) is 0 Å². The molecular weight excluding hydrogens is 332 g/mol. The van der Waals surface area contributed by atoms with E-state index < -0.39 is 0 Å². The zero-order chi connectivity index (χ0) is 17.2. The maximum atomic E-state index is 12.5. The van der Waals surface area contributed by atoms with Gasteiger partial charge in [-0.2, -0.15) is 0 Å². The summed E-state index contributed by atoms with van der Waals surface area (Å²) in [6.07, 6.45) is 10.4. The fourth-order valence-corrected chi connectivity index (χ4v) is 5.22. The Labute approximate surface area is 153 Å². The molecule has 1 aliphatic carbocycles. The molecule has 3 aliphatic rings. The molecule has 1 aromatic rings. The SMILES string of the molecule is O=C(c1cccs1)C1CCN(C2CC(=O)N(C3C=CCCC3)C2)CC1. The van der Waals surface area contributed by atoms with Crippen LogP contribution in [0.15, 0.2) is 29.7 Å². The number of carbonyl (C=O) groups excluding carboxylic acids is 2. The number of allylic oxidation sites excluding steroid dienone is 1. The van der Waals surface area contributed by atoms with Crippen molar-refractivity contribution in [2.45, 2.75) is 50.6 Å². The molecule has 0 saturated carbocycles. The van der Waals surface area contributed by atoms with Crippen LogP contribution < -0.4 is 0 Å². The van der Waals surface area contributed by atoms with Gasteiger partial charge in [-0.05, 0) is 56.6 Å². The second-order valence-corrected chi connectivity index (χ2v) is 8.43. The third-order valence-electron chi connectivity index (χ3n) is 5.95.